The van der Waals surface area contributed by atoms with Crippen molar-refractivity contribution in [2.75, 3.05) is 13.1 Å². The van der Waals surface area contributed by atoms with Gasteiger partial charge in [-0.05, 0) is 51.2 Å². The molecule has 3 amide bonds. The van der Waals surface area contributed by atoms with Gasteiger partial charge in [-0.15, -0.1) is 0 Å². The number of ether oxygens (including phenoxy) is 1. The van der Waals surface area contributed by atoms with E-state index >= 15 is 0 Å². The molecule has 0 aromatic heterocycles. The van der Waals surface area contributed by atoms with E-state index in [9.17, 15) is 19.2 Å². The van der Waals surface area contributed by atoms with Crippen LogP contribution >= 0.6 is 0 Å². The summed E-state index contributed by atoms with van der Waals surface area (Å²) < 4.78 is 5.38. The third-order valence-corrected chi connectivity index (χ3v) is 5.36. The van der Waals surface area contributed by atoms with Crippen molar-refractivity contribution >= 4 is 23.9 Å². The van der Waals surface area contributed by atoms with Crippen molar-refractivity contribution in [3.8, 4) is 0 Å². The number of hydroxylamine groups is 2. The maximum atomic E-state index is 12.6. The molecule has 3 aliphatic rings. The first kappa shape index (κ1) is 18.5. The van der Waals surface area contributed by atoms with Crippen LogP contribution in [0.3, 0.4) is 0 Å². The van der Waals surface area contributed by atoms with Crippen molar-refractivity contribution in [2.24, 2.45) is 17.8 Å². The van der Waals surface area contributed by atoms with E-state index < -0.39 is 35.4 Å². The largest absolute Gasteiger partial charge is 0.444 e. The lowest BCUT2D eigenvalue weighted by atomic mass is 10.1. The minimum atomic E-state index is -0.632. The summed E-state index contributed by atoms with van der Waals surface area (Å²) in [5.74, 6) is -2.22. The minimum absolute atomic E-state index is 0.0380. The number of piperidine rings is 1. The SMILES string of the molecule is CC(C)(C)OC(=O)N1CC[C@@H]2C(C(=O)ON3C(=O)c4ccccc4C3=O)[C@@H]2C1. The van der Waals surface area contributed by atoms with Crippen LogP contribution in [0.1, 0.15) is 47.9 Å². The van der Waals surface area contributed by atoms with Crippen molar-refractivity contribution in [2.45, 2.75) is 32.8 Å². The Morgan fingerprint density at radius 2 is 1.64 bits per heavy atom. The van der Waals surface area contributed by atoms with E-state index in [0.29, 0.717) is 24.6 Å². The molecule has 1 saturated carbocycles. The van der Waals surface area contributed by atoms with Gasteiger partial charge >= 0.3 is 12.1 Å². The van der Waals surface area contributed by atoms with Crippen LogP contribution in [0.5, 0.6) is 0 Å². The van der Waals surface area contributed by atoms with Gasteiger partial charge in [-0.1, -0.05) is 17.2 Å². The van der Waals surface area contributed by atoms with Crippen LogP contribution in [0.25, 0.3) is 0 Å². The fourth-order valence-electron chi connectivity index (χ4n) is 3.98. The second-order valence-electron chi connectivity index (χ2n) is 8.43. The molecule has 8 nitrogen and oxygen atoms in total. The number of rotatable bonds is 2. The lowest BCUT2D eigenvalue weighted by Crippen LogP contribution is -2.40. The van der Waals surface area contributed by atoms with E-state index in [1.807, 2.05) is 0 Å². The Morgan fingerprint density at radius 3 is 2.21 bits per heavy atom. The van der Waals surface area contributed by atoms with Crippen molar-refractivity contribution in [1.82, 2.24) is 9.96 Å². The zero-order valence-electron chi connectivity index (χ0n) is 16.0. The fraction of sp³-hybridized carbons (Fsp3) is 0.500. The zero-order valence-corrected chi connectivity index (χ0v) is 16.0. The first-order valence-corrected chi connectivity index (χ1v) is 9.35. The molecule has 2 heterocycles. The first-order valence-electron chi connectivity index (χ1n) is 9.35. The van der Waals surface area contributed by atoms with E-state index in [0.717, 1.165) is 0 Å². The molecule has 148 valence electrons. The van der Waals surface area contributed by atoms with E-state index in [-0.39, 0.29) is 23.0 Å². The highest BCUT2D eigenvalue weighted by Gasteiger charge is 2.59. The maximum absolute atomic E-state index is 12.6. The second-order valence-corrected chi connectivity index (χ2v) is 8.43. The van der Waals surface area contributed by atoms with E-state index in [1.54, 1.807) is 37.8 Å². The number of likely N-dealkylation sites (tertiary alicyclic amines) is 1. The van der Waals surface area contributed by atoms with Gasteiger partial charge in [0.25, 0.3) is 11.8 Å². The average molecular weight is 386 g/mol. The van der Waals surface area contributed by atoms with Gasteiger partial charge in [-0.2, -0.15) is 0 Å². The molecule has 4 rings (SSSR count). The molecule has 1 saturated heterocycles. The van der Waals surface area contributed by atoms with Crippen LogP contribution in [-0.4, -0.2) is 52.5 Å². The average Bonchev–Trinajstić information content (AvgIpc) is 3.31. The van der Waals surface area contributed by atoms with Crippen LogP contribution in [0, 0.1) is 17.8 Å². The predicted molar refractivity (Wildman–Crippen MR) is 95.9 cm³/mol. The third kappa shape index (κ3) is 3.12. The summed E-state index contributed by atoms with van der Waals surface area (Å²) in [5.41, 5.74) is -0.129. The van der Waals surface area contributed by atoms with Crippen LogP contribution < -0.4 is 0 Å². The summed E-state index contributed by atoms with van der Waals surface area (Å²) in [4.78, 5) is 56.2. The van der Waals surface area contributed by atoms with Crippen LogP contribution in [0.4, 0.5) is 4.79 Å². The fourth-order valence-corrected chi connectivity index (χ4v) is 3.98. The minimum Gasteiger partial charge on any atom is -0.444 e. The molecule has 0 bridgehead atoms. The monoisotopic (exact) mass is 386 g/mol. The molecule has 0 N–H and O–H groups in total. The highest BCUT2D eigenvalue weighted by molar-refractivity contribution is 6.20. The molecule has 3 atom stereocenters. The molecule has 28 heavy (non-hydrogen) atoms. The Bertz CT molecular complexity index is 839. The number of hydrogen-bond acceptors (Lipinski definition) is 6. The second kappa shape index (κ2) is 6.32. The van der Waals surface area contributed by atoms with Gasteiger partial charge < -0.3 is 14.5 Å². The molecular formula is C20H22N2O6. The van der Waals surface area contributed by atoms with Crippen LogP contribution in [-0.2, 0) is 14.4 Å². The zero-order chi connectivity index (χ0) is 20.2. The number of nitrogens with zero attached hydrogens (tertiary/aromatic N) is 2. The lowest BCUT2D eigenvalue weighted by molar-refractivity contribution is -0.171. The number of fused-ring (bicyclic) bond motifs is 2. The van der Waals surface area contributed by atoms with Crippen molar-refractivity contribution in [1.29, 1.82) is 0 Å². The highest BCUT2D eigenvalue weighted by atomic mass is 16.7. The summed E-state index contributed by atoms with van der Waals surface area (Å²) in [6, 6.07) is 6.35. The van der Waals surface area contributed by atoms with Gasteiger partial charge in [0.1, 0.15) is 5.60 Å². The molecule has 2 aliphatic heterocycles. The Balaban J connectivity index is 1.37. The number of carbonyl (C=O) groups is 4. The molecule has 8 heteroatoms. The van der Waals surface area contributed by atoms with Gasteiger partial charge in [0.2, 0.25) is 0 Å². The highest BCUT2D eigenvalue weighted by Crippen LogP contribution is 2.52. The topological polar surface area (TPSA) is 93.2 Å². The predicted octanol–water partition coefficient (Wildman–Crippen LogP) is 2.24. The quantitative estimate of drug-likeness (QED) is 0.724. The van der Waals surface area contributed by atoms with Gasteiger partial charge in [0, 0.05) is 13.1 Å². The Kier molecular flexibility index (Phi) is 4.17. The summed E-state index contributed by atoms with van der Waals surface area (Å²) in [6.45, 7) is 6.32. The number of carbonyl (C=O) groups excluding carboxylic acids is 4. The molecule has 1 aromatic rings. The van der Waals surface area contributed by atoms with Gasteiger partial charge in [-0.3, -0.25) is 9.59 Å². The summed E-state index contributed by atoms with van der Waals surface area (Å²) in [6.07, 6.45) is 0.261. The maximum Gasteiger partial charge on any atom is 0.410 e. The van der Waals surface area contributed by atoms with E-state index in [4.69, 9.17) is 9.57 Å². The van der Waals surface area contributed by atoms with E-state index in [2.05, 4.69) is 0 Å². The summed E-state index contributed by atoms with van der Waals surface area (Å²) in [5, 5.41) is 0.545. The van der Waals surface area contributed by atoms with Crippen molar-refractivity contribution in [3.05, 3.63) is 35.4 Å². The Labute approximate surface area is 162 Å². The van der Waals surface area contributed by atoms with Crippen molar-refractivity contribution in [3.63, 3.8) is 0 Å². The number of benzene rings is 1. The molecule has 1 aromatic carbocycles. The summed E-state index contributed by atoms with van der Waals surface area (Å²) in [7, 11) is 0. The molecular weight excluding hydrogens is 364 g/mol. The Morgan fingerprint density at radius 1 is 1.04 bits per heavy atom. The van der Waals surface area contributed by atoms with Crippen LogP contribution in [0.2, 0.25) is 0 Å². The van der Waals surface area contributed by atoms with Crippen LogP contribution in [0.15, 0.2) is 24.3 Å². The Hall–Kier alpha value is -2.90. The number of imide groups is 1. The molecule has 1 aliphatic carbocycles. The first-order chi connectivity index (χ1) is 13.2. The lowest BCUT2D eigenvalue weighted by Gasteiger charge is -2.29. The molecule has 0 radical (unpaired) electrons. The molecule has 2 fully saturated rings. The summed E-state index contributed by atoms with van der Waals surface area (Å²) >= 11 is 0. The van der Waals surface area contributed by atoms with Crippen molar-refractivity contribution < 1.29 is 28.8 Å². The standard InChI is InChI=1S/C20H22N2O6/c1-20(2,3)27-19(26)21-9-8-11-14(10-21)15(11)18(25)28-22-16(23)12-6-4-5-7-13(12)17(22)24/h4-7,11,14-15H,8-10H2,1-3H3/t11-,14+,15?/m0/s1. The molecule has 1 unspecified atom stereocenters. The number of hydrogen-bond donors (Lipinski definition) is 0. The van der Waals surface area contributed by atoms with E-state index in [1.165, 1.54) is 12.1 Å². The van der Waals surface area contributed by atoms with Gasteiger partial charge in [-0.25, -0.2) is 9.59 Å². The molecule has 0 spiro atoms. The van der Waals surface area contributed by atoms with Gasteiger partial charge in [0.05, 0.1) is 17.0 Å². The normalized spacial score (nSPS) is 25.9. The smallest absolute Gasteiger partial charge is 0.410 e. The van der Waals surface area contributed by atoms with Gasteiger partial charge in [0.15, 0.2) is 0 Å². The number of amides is 3. The third-order valence-electron chi connectivity index (χ3n) is 5.36.